The van der Waals surface area contributed by atoms with Crippen LogP contribution in [0.2, 0.25) is 5.02 Å². The Labute approximate surface area is 154 Å². The van der Waals surface area contributed by atoms with Crippen molar-refractivity contribution in [2.45, 2.75) is 19.4 Å². The number of hydrogen-bond acceptors (Lipinski definition) is 6. The van der Waals surface area contributed by atoms with Crippen LogP contribution < -0.4 is 11.1 Å². The number of rotatable bonds is 7. The number of halogens is 2. The van der Waals surface area contributed by atoms with Crippen LogP contribution in [0.25, 0.3) is 0 Å². The average molecular weight is 381 g/mol. The molecule has 0 bridgehead atoms. The van der Waals surface area contributed by atoms with Gasteiger partial charge in [0, 0.05) is 32.6 Å². The maximum atomic E-state index is 13.2. The van der Waals surface area contributed by atoms with E-state index in [2.05, 4.69) is 20.6 Å². The van der Waals surface area contributed by atoms with Crippen molar-refractivity contribution in [1.29, 1.82) is 0 Å². The molecule has 26 heavy (non-hydrogen) atoms. The summed E-state index contributed by atoms with van der Waals surface area (Å²) in [5, 5.41) is 10.7. The van der Waals surface area contributed by atoms with Crippen LogP contribution in [0.4, 0.5) is 10.1 Å². The fraction of sp³-hybridized carbons (Fsp3) is 0.375. The van der Waals surface area contributed by atoms with Gasteiger partial charge in [-0.25, -0.2) is 14.0 Å². The molecule has 8 nitrogen and oxygen atoms in total. The Morgan fingerprint density at radius 3 is 3.04 bits per heavy atom. The van der Waals surface area contributed by atoms with Crippen LogP contribution >= 0.6 is 11.6 Å². The molecule has 138 valence electrons. The van der Waals surface area contributed by atoms with Crippen LogP contribution in [0.15, 0.2) is 27.8 Å². The van der Waals surface area contributed by atoms with Gasteiger partial charge < -0.3 is 16.0 Å². The molecule has 1 saturated heterocycles. The second-order valence-electron chi connectivity index (χ2n) is 5.82. The quantitative estimate of drug-likeness (QED) is 0.429. The van der Waals surface area contributed by atoms with Crippen LogP contribution in [-0.2, 0) is 11.3 Å². The molecule has 0 spiro atoms. The Hall–Kier alpha value is -2.52. The number of aromatic nitrogens is 2. The number of aliphatic imine (C=N–C) groups is 1. The molecular weight excluding hydrogens is 363 g/mol. The maximum absolute atomic E-state index is 13.2. The van der Waals surface area contributed by atoms with Crippen molar-refractivity contribution in [3.05, 3.63) is 40.4 Å². The third kappa shape index (κ3) is 4.36. The van der Waals surface area contributed by atoms with Crippen molar-refractivity contribution >= 4 is 29.0 Å². The molecule has 1 aromatic carbocycles. The fourth-order valence-electron chi connectivity index (χ4n) is 2.62. The Morgan fingerprint density at radius 2 is 2.31 bits per heavy atom. The molecule has 0 radical (unpaired) electrons. The van der Waals surface area contributed by atoms with E-state index in [1.165, 1.54) is 18.2 Å². The number of nitrogens with zero attached hydrogens (tertiary/aromatic N) is 4. The van der Waals surface area contributed by atoms with Gasteiger partial charge in [0.15, 0.2) is 11.5 Å². The summed E-state index contributed by atoms with van der Waals surface area (Å²) in [4.78, 5) is 17.5. The maximum Gasteiger partial charge on any atom is 0.222 e. The Bertz CT molecular complexity index is 825. The average Bonchev–Trinajstić information content (AvgIpc) is 3.24. The third-order valence-electron chi connectivity index (χ3n) is 3.97. The smallest absolute Gasteiger partial charge is 0.222 e. The van der Waals surface area contributed by atoms with E-state index in [4.69, 9.17) is 22.0 Å². The van der Waals surface area contributed by atoms with E-state index in [0.29, 0.717) is 43.1 Å². The summed E-state index contributed by atoms with van der Waals surface area (Å²) in [6.07, 6.45) is 1.54. The molecule has 3 N–H and O–H groups in total. The number of likely N-dealkylation sites (tertiary alicyclic amines) is 1. The van der Waals surface area contributed by atoms with Crippen molar-refractivity contribution < 1.29 is 13.8 Å². The highest BCUT2D eigenvalue weighted by molar-refractivity contribution is 6.31. The Morgan fingerprint density at radius 1 is 1.46 bits per heavy atom. The van der Waals surface area contributed by atoms with E-state index < -0.39 is 5.82 Å². The first-order valence-corrected chi connectivity index (χ1v) is 8.52. The highest BCUT2D eigenvalue weighted by Gasteiger charge is 2.19. The molecule has 0 atom stereocenters. The molecule has 1 aliphatic heterocycles. The molecule has 1 aromatic heterocycles. The number of nitrogens with one attached hydrogen (secondary N) is 1. The van der Waals surface area contributed by atoms with E-state index in [0.717, 1.165) is 13.0 Å². The zero-order valence-corrected chi connectivity index (χ0v) is 14.7. The number of carbonyl (C=O) groups excluding carboxylic acids is 1. The summed E-state index contributed by atoms with van der Waals surface area (Å²) < 4.78 is 17.9. The largest absolute Gasteiger partial charge is 0.382 e. The first kappa shape index (κ1) is 18.3. The fourth-order valence-corrected chi connectivity index (χ4v) is 2.80. The lowest BCUT2D eigenvalue weighted by Crippen LogP contribution is -2.33. The summed E-state index contributed by atoms with van der Waals surface area (Å²) in [5.41, 5.74) is 7.14. The molecule has 2 heterocycles. The van der Waals surface area contributed by atoms with E-state index >= 15 is 0 Å². The van der Waals surface area contributed by atoms with Gasteiger partial charge in [0.2, 0.25) is 5.91 Å². The summed E-state index contributed by atoms with van der Waals surface area (Å²) in [7, 11) is 0. The van der Waals surface area contributed by atoms with Crippen molar-refractivity contribution in [2.75, 3.05) is 19.6 Å². The predicted octanol–water partition coefficient (Wildman–Crippen LogP) is 1.61. The number of benzene rings is 1. The van der Waals surface area contributed by atoms with Gasteiger partial charge in [0.1, 0.15) is 11.5 Å². The lowest BCUT2D eigenvalue weighted by molar-refractivity contribution is -0.127. The first-order valence-electron chi connectivity index (χ1n) is 8.14. The third-order valence-corrected chi connectivity index (χ3v) is 4.26. The normalized spacial score (nSPS) is 15.1. The second kappa shape index (κ2) is 8.24. The van der Waals surface area contributed by atoms with Crippen molar-refractivity contribution in [3.63, 3.8) is 0 Å². The van der Waals surface area contributed by atoms with Gasteiger partial charge in [-0.15, -0.1) is 0 Å². The predicted molar refractivity (Wildman–Crippen MR) is 93.6 cm³/mol. The molecule has 3 rings (SSSR count). The number of amidine groups is 1. The van der Waals surface area contributed by atoms with Crippen LogP contribution in [0, 0.1) is 5.82 Å². The summed E-state index contributed by atoms with van der Waals surface area (Å²) in [5.74, 6) is -0.265. The molecule has 1 aliphatic rings. The van der Waals surface area contributed by atoms with Crippen molar-refractivity contribution in [2.24, 2.45) is 10.7 Å². The highest BCUT2D eigenvalue weighted by atomic mass is 35.5. The van der Waals surface area contributed by atoms with E-state index in [9.17, 15) is 9.18 Å². The lowest BCUT2D eigenvalue weighted by Gasteiger charge is -2.15. The lowest BCUT2D eigenvalue weighted by atomic mass is 10.2. The molecule has 0 aliphatic carbocycles. The van der Waals surface area contributed by atoms with Gasteiger partial charge in [0.05, 0.1) is 10.7 Å². The zero-order valence-electron chi connectivity index (χ0n) is 13.9. The highest BCUT2D eigenvalue weighted by Crippen LogP contribution is 2.22. The van der Waals surface area contributed by atoms with E-state index in [1.807, 2.05) is 4.90 Å². The van der Waals surface area contributed by atoms with Gasteiger partial charge >= 0.3 is 0 Å². The van der Waals surface area contributed by atoms with Gasteiger partial charge in [0.25, 0.3) is 0 Å². The van der Waals surface area contributed by atoms with Crippen LogP contribution in [0.3, 0.4) is 0 Å². The Balaban J connectivity index is 1.59. The van der Waals surface area contributed by atoms with Gasteiger partial charge in [-0.2, -0.15) is 0 Å². The Kier molecular flexibility index (Phi) is 5.79. The van der Waals surface area contributed by atoms with Crippen LogP contribution in [0.5, 0.6) is 0 Å². The first-order chi connectivity index (χ1) is 12.5. The monoisotopic (exact) mass is 380 g/mol. The molecule has 0 saturated carbocycles. The molecule has 10 heteroatoms. The second-order valence-corrected chi connectivity index (χ2v) is 6.22. The van der Waals surface area contributed by atoms with Gasteiger partial charge in [-0.1, -0.05) is 16.8 Å². The molecule has 1 amide bonds. The number of carbonyl (C=O) groups is 1. The summed E-state index contributed by atoms with van der Waals surface area (Å²) >= 11 is 5.73. The summed E-state index contributed by atoms with van der Waals surface area (Å²) in [6.45, 7) is 2.41. The van der Waals surface area contributed by atoms with E-state index in [1.54, 1.807) is 0 Å². The van der Waals surface area contributed by atoms with Gasteiger partial charge in [-0.3, -0.25) is 4.79 Å². The standard InChI is InChI=1S/C16H18ClFN6O2/c17-11-8-10(3-4-12(11)18)21-16(19)15-13(22-26-23-15)9-20-5-7-24-6-1-2-14(24)25/h3-4,8,20H,1-2,5-7,9H2,(H2,19,21). The summed E-state index contributed by atoms with van der Waals surface area (Å²) in [6, 6.07) is 4.02. The topological polar surface area (TPSA) is 110 Å². The van der Waals surface area contributed by atoms with Crippen molar-refractivity contribution in [3.8, 4) is 0 Å². The van der Waals surface area contributed by atoms with Crippen molar-refractivity contribution in [1.82, 2.24) is 20.5 Å². The molecule has 1 fully saturated rings. The minimum absolute atomic E-state index is 0.0457. The minimum atomic E-state index is -0.534. The number of nitrogens with two attached hydrogens (primary N) is 1. The SMILES string of the molecule is NC(=Nc1ccc(F)c(Cl)c1)c1nonc1CNCCN1CCCC1=O. The van der Waals surface area contributed by atoms with Crippen LogP contribution in [0.1, 0.15) is 24.2 Å². The zero-order chi connectivity index (χ0) is 18.5. The molecule has 0 unspecified atom stereocenters. The number of amides is 1. The van der Waals surface area contributed by atoms with E-state index in [-0.39, 0.29) is 16.8 Å². The van der Waals surface area contributed by atoms with Crippen LogP contribution in [-0.4, -0.2) is 46.6 Å². The number of hydrogen-bond donors (Lipinski definition) is 2. The molecule has 2 aromatic rings. The molecular formula is C16H18ClFN6O2. The van der Waals surface area contributed by atoms with Gasteiger partial charge in [-0.05, 0) is 29.8 Å². The minimum Gasteiger partial charge on any atom is -0.382 e.